The number of nitrogens with zero attached hydrogens (tertiary/aromatic N) is 1. The van der Waals surface area contributed by atoms with E-state index in [4.69, 9.17) is 0 Å². The Morgan fingerprint density at radius 1 is 1.53 bits per heavy atom. The Kier molecular flexibility index (Phi) is 3.82. The third-order valence-electron chi connectivity index (χ3n) is 2.24. The van der Waals surface area contributed by atoms with Crippen molar-refractivity contribution >= 4 is 50.2 Å². The molecule has 0 fully saturated rings. The average Bonchev–Trinajstić information content (AvgIpc) is 2.68. The van der Waals surface area contributed by atoms with Gasteiger partial charge in [-0.15, -0.1) is 0 Å². The molecule has 2 aromatic rings. The Morgan fingerprint density at radius 3 is 2.94 bits per heavy atom. The topological polar surface area (TPSA) is 57.8 Å². The van der Waals surface area contributed by atoms with Gasteiger partial charge < -0.3 is 5.32 Å². The van der Waals surface area contributed by atoms with Gasteiger partial charge in [-0.05, 0) is 47.7 Å². The van der Waals surface area contributed by atoms with Crippen LogP contribution in [0.5, 0.6) is 0 Å². The van der Waals surface area contributed by atoms with Gasteiger partial charge in [-0.25, -0.2) is 0 Å². The van der Waals surface area contributed by atoms with Gasteiger partial charge in [0.25, 0.3) is 5.91 Å². The van der Waals surface area contributed by atoms with E-state index in [0.29, 0.717) is 11.4 Å². The van der Waals surface area contributed by atoms with Gasteiger partial charge in [0.1, 0.15) is 5.82 Å². The van der Waals surface area contributed by atoms with Gasteiger partial charge in [0, 0.05) is 13.6 Å². The normalized spacial score (nSPS) is 10.3. The van der Waals surface area contributed by atoms with Crippen LogP contribution in [-0.2, 0) is 0 Å². The summed E-state index contributed by atoms with van der Waals surface area (Å²) in [6.45, 7) is 1.88. The largest absolute Gasteiger partial charge is 0.307 e. The first-order chi connectivity index (χ1) is 8.08. The Balaban J connectivity index is 2.26. The summed E-state index contributed by atoms with van der Waals surface area (Å²) in [4.78, 5) is 12.1. The van der Waals surface area contributed by atoms with Crippen LogP contribution < -0.4 is 5.32 Å². The third kappa shape index (κ3) is 2.86. The Hall–Kier alpha value is -0.890. The predicted molar refractivity (Wildman–Crippen MR) is 78.1 cm³/mol. The van der Waals surface area contributed by atoms with Crippen LogP contribution in [0.25, 0.3) is 0 Å². The van der Waals surface area contributed by atoms with E-state index in [1.807, 2.05) is 19.1 Å². The van der Waals surface area contributed by atoms with Gasteiger partial charge in [0.05, 0.1) is 11.8 Å². The lowest BCUT2D eigenvalue weighted by Gasteiger charge is -2.06. The van der Waals surface area contributed by atoms with Gasteiger partial charge in [-0.3, -0.25) is 9.89 Å². The van der Waals surface area contributed by atoms with E-state index in [9.17, 15) is 4.79 Å². The number of rotatable bonds is 2. The molecule has 1 aromatic heterocycles. The molecule has 4 nitrogen and oxygen atoms in total. The zero-order valence-electron chi connectivity index (χ0n) is 8.92. The first-order valence-electron chi connectivity index (χ1n) is 4.84. The summed E-state index contributed by atoms with van der Waals surface area (Å²) in [5, 5.41) is 9.39. The molecule has 1 aromatic carbocycles. The summed E-state index contributed by atoms with van der Waals surface area (Å²) >= 11 is 5.49. The van der Waals surface area contributed by atoms with Crippen LogP contribution >= 0.6 is 38.5 Å². The number of benzene rings is 1. The Bertz CT molecular complexity index is 568. The van der Waals surface area contributed by atoms with Crippen molar-refractivity contribution in [2.24, 2.45) is 0 Å². The molecule has 2 N–H and O–H groups in total. The molecule has 0 aliphatic heterocycles. The molecule has 88 valence electrons. The molecule has 1 heterocycles. The van der Waals surface area contributed by atoms with Crippen LogP contribution in [-0.4, -0.2) is 16.1 Å². The number of hydrogen-bond donors (Lipinski definition) is 2. The van der Waals surface area contributed by atoms with E-state index >= 15 is 0 Å². The summed E-state index contributed by atoms with van der Waals surface area (Å²) in [5.41, 5.74) is 1.54. The lowest BCUT2D eigenvalue weighted by molar-refractivity contribution is 0.102. The Labute approximate surface area is 120 Å². The van der Waals surface area contributed by atoms with Crippen molar-refractivity contribution in [2.45, 2.75) is 6.92 Å². The lowest BCUT2D eigenvalue weighted by Crippen LogP contribution is -2.14. The van der Waals surface area contributed by atoms with Crippen molar-refractivity contribution in [2.75, 3.05) is 5.32 Å². The number of aromatic nitrogens is 2. The second-order valence-electron chi connectivity index (χ2n) is 3.51. The second-order valence-corrected chi connectivity index (χ2v) is 5.58. The van der Waals surface area contributed by atoms with Gasteiger partial charge in [0.2, 0.25) is 0 Å². The zero-order chi connectivity index (χ0) is 12.4. The van der Waals surface area contributed by atoms with E-state index in [0.717, 1.165) is 13.6 Å². The quantitative estimate of drug-likeness (QED) is 0.753. The fourth-order valence-corrected chi connectivity index (χ4v) is 2.27. The molecule has 0 radical (unpaired) electrons. The van der Waals surface area contributed by atoms with Gasteiger partial charge >= 0.3 is 0 Å². The monoisotopic (exact) mass is 405 g/mol. The number of carbonyl (C=O) groups excluding carboxylic acids is 1. The molecule has 0 bridgehead atoms. The maximum atomic E-state index is 12.1. The van der Waals surface area contributed by atoms with E-state index in [1.54, 1.807) is 12.3 Å². The molecule has 17 heavy (non-hydrogen) atoms. The average molecular weight is 406 g/mol. The SMILES string of the molecule is Cc1cn[nH]c1NC(=O)c1cc(Br)ccc1I. The first-order valence-corrected chi connectivity index (χ1v) is 6.71. The molecule has 1 amide bonds. The van der Waals surface area contributed by atoms with E-state index < -0.39 is 0 Å². The highest BCUT2D eigenvalue weighted by Crippen LogP contribution is 2.20. The number of amides is 1. The zero-order valence-corrected chi connectivity index (χ0v) is 12.7. The summed E-state index contributed by atoms with van der Waals surface area (Å²) in [5.74, 6) is 0.480. The standard InChI is InChI=1S/C11H9BrIN3O/c1-6-5-14-16-10(6)15-11(17)8-4-7(12)2-3-9(8)13/h2-5H,1H3,(H2,14,15,16,17). The summed E-state index contributed by atoms with van der Waals surface area (Å²) in [6.07, 6.45) is 1.67. The van der Waals surface area contributed by atoms with E-state index in [1.165, 1.54) is 0 Å². The van der Waals surface area contributed by atoms with E-state index in [-0.39, 0.29) is 5.91 Å². The number of anilines is 1. The molecule has 0 atom stereocenters. The number of aryl methyl sites for hydroxylation is 1. The summed E-state index contributed by atoms with van der Waals surface area (Å²) < 4.78 is 1.78. The van der Waals surface area contributed by atoms with Crippen molar-refractivity contribution in [1.29, 1.82) is 0 Å². The minimum Gasteiger partial charge on any atom is -0.307 e. The molecule has 6 heteroatoms. The molecule has 0 saturated carbocycles. The van der Waals surface area contributed by atoms with Crippen LogP contribution in [0, 0.1) is 10.5 Å². The minimum absolute atomic E-state index is 0.150. The maximum absolute atomic E-state index is 12.1. The fourth-order valence-electron chi connectivity index (χ4n) is 1.33. The highest BCUT2D eigenvalue weighted by molar-refractivity contribution is 14.1. The molecular weight excluding hydrogens is 397 g/mol. The minimum atomic E-state index is -0.150. The predicted octanol–water partition coefficient (Wildman–Crippen LogP) is 3.34. The van der Waals surface area contributed by atoms with Crippen LogP contribution in [0.15, 0.2) is 28.9 Å². The van der Waals surface area contributed by atoms with Crippen molar-refractivity contribution < 1.29 is 4.79 Å². The van der Waals surface area contributed by atoms with E-state index in [2.05, 4.69) is 54.0 Å². The molecule has 0 saturated heterocycles. The molecule has 0 aliphatic rings. The fraction of sp³-hybridized carbons (Fsp3) is 0.0909. The molecule has 0 spiro atoms. The number of hydrogen-bond acceptors (Lipinski definition) is 2. The van der Waals surface area contributed by atoms with Gasteiger partial charge in [0.15, 0.2) is 0 Å². The number of H-pyrrole nitrogens is 1. The maximum Gasteiger partial charge on any atom is 0.257 e. The summed E-state index contributed by atoms with van der Waals surface area (Å²) in [7, 11) is 0. The number of carbonyl (C=O) groups is 1. The first kappa shape index (κ1) is 12.6. The Morgan fingerprint density at radius 2 is 2.29 bits per heavy atom. The van der Waals surface area contributed by atoms with Gasteiger partial charge in [-0.1, -0.05) is 15.9 Å². The van der Waals surface area contributed by atoms with Crippen molar-refractivity contribution in [3.05, 3.63) is 43.6 Å². The van der Waals surface area contributed by atoms with Crippen molar-refractivity contribution in [3.63, 3.8) is 0 Å². The second kappa shape index (κ2) is 5.18. The van der Waals surface area contributed by atoms with Crippen molar-refractivity contribution in [1.82, 2.24) is 10.2 Å². The smallest absolute Gasteiger partial charge is 0.257 e. The van der Waals surface area contributed by atoms with Crippen LogP contribution in [0.3, 0.4) is 0 Å². The molecule has 0 unspecified atom stereocenters. The number of halogens is 2. The van der Waals surface area contributed by atoms with Crippen LogP contribution in [0.2, 0.25) is 0 Å². The number of nitrogens with one attached hydrogen (secondary N) is 2. The number of aromatic amines is 1. The highest BCUT2D eigenvalue weighted by Gasteiger charge is 2.12. The third-order valence-corrected chi connectivity index (χ3v) is 3.67. The van der Waals surface area contributed by atoms with Crippen LogP contribution in [0.1, 0.15) is 15.9 Å². The lowest BCUT2D eigenvalue weighted by atomic mass is 10.2. The van der Waals surface area contributed by atoms with Gasteiger partial charge in [-0.2, -0.15) is 5.10 Å². The molecule has 2 rings (SSSR count). The summed E-state index contributed by atoms with van der Waals surface area (Å²) in [6, 6.07) is 5.59. The van der Waals surface area contributed by atoms with Crippen LogP contribution in [0.4, 0.5) is 5.82 Å². The van der Waals surface area contributed by atoms with Crippen molar-refractivity contribution in [3.8, 4) is 0 Å². The molecular formula is C11H9BrIN3O. The highest BCUT2D eigenvalue weighted by atomic mass is 127. The molecule has 0 aliphatic carbocycles.